The maximum atomic E-state index is 12.9. The average molecular weight is 560 g/mol. The van der Waals surface area contributed by atoms with Crippen LogP contribution in [0.15, 0.2) is 53.4 Å². The van der Waals surface area contributed by atoms with Gasteiger partial charge in [-0.05, 0) is 54.4 Å². The molecule has 0 spiro atoms. The van der Waals surface area contributed by atoms with Crippen molar-refractivity contribution in [2.24, 2.45) is 0 Å². The molecule has 3 aromatic rings. The summed E-state index contributed by atoms with van der Waals surface area (Å²) in [6, 6.07) is 10.2. The molecule has 0 bridgehead atoms. The monoisotopic (exact) mass is 559 g/mol. The molecule has 2 aromatic carbocycles. The first-order valence-corrected chi connectivity index (χ1v) is 13.6. The molecule has 2 aliphatic rings. The lowest BCUT2D eigenvalue weighted by Crippen LogP contribution is -2.53. The van der Waals surface area contributed by atoms with E-state index in [9.17, 15) is 27.9 Å². The van der Waals surface area contributed by atoms with Crippen LogP contribution in [0.4, 0.5) is 30.2 Å². The standard InChI is InChI=1S/C27H28F3N5O3S/c28-27(29,30)19-1-4-21(5-2-19)35-8-7-18-13-20(3-6-24(18)35)32-25(37)14-22(15-36)33-9-11-34(12-10-33)26(38)23-16-39-17-31-23/h1-6,13,16-17,22,36H,7-12,14-15H2,(H,32,37)/t22-/m1/s1. The van der Waals surface area contributed by atoms with Gasteiger partial charge in [-0.15, -0.1) is 11.3 Å². The fourth-order valence-electron chi connectivity index (χ4n) is 5.08. The van der Waals surface area contributed by atoms with Crippen molar-refractivity contribution in [1.82, 2.24) is 14.8 Å². The predicted octanol–water partition coefficient (Wildman–Crippen LogP) is 4.00. The molecule has 0 saturated carbocycles. The number of rotatable bonds is 7. The number of anilines is 3. The van der Waals surface area contributed by atoms with Gasteiger partial charge in [-0.3, -0.25) is 14.5 Å². The van der Waals surface area contributed by atoms with Crippen molar-refractivity contribution >= 4 is 40.2 Å². The molecule has 1 fully saturated rings. The number of fused-ring (bicyclic) bond motifs is 1. The van der Waals surface area contributed by atoms with Gasteiger partial charge in [0.25, 0.3) is 5.91 Å². The number of hydrogen-bond acceptors (Lipinski definition) is 7. The van der Waals surface area contributed by atoms with Crippen molar-refractivity contribution in [2.75, 3.05) is 49.5 Å². The second-order valence-corrected chi connectivity index (χ2v) is 10.3. The van der Waals surface area contributed by atoms with Crippen LogP contribution in [0, 0.1) is 0 Å². The highest BCUT2D eigenvalue weighted by molar-refractivity contribution is 7.07. The summed E-state index contributed by atoms with van der Waals surface area (Å²) in [6.07, 6.45) is -3.58. The molecule has 2 aliphatic heterocycles. The van der Waals surface area contributed by atoms with Crippen LogP contribution in [-0.4, -0.2) is 77.1 Å². The van der Waals surface area contributed by atoms with Gasteiger partial charge in [0.15, 0.2) is 0 Å². The van der Waals surface area contributed by atoms with E-state index >= 15 is 0 Å². The zero-order valence-corrected chi connectivity index (χ0v) is 21.8. The quantitative estimate of drug-likeness (QED) is 0.455. The fraction of sp³-hybridized carbons (Fsp3) is 0.370. The molecular weight excluding hydrogens is 531 g/mol. The molecule has 206 valence electrons. The van der Waals surface area contributed by atoms with Crippen molar-refractivity contribution < 1.29 is 27.9 Å². The second-order valence-electron chi connectivity index (χ2n) is 9.58. The highest BCUT2D eigenvalue weighted by atomic mass is 32.1. The van der Waals surface area contributed by atoms with Crippen molar-refractivity contribution in [3.63, 3.8) is 0 Å². The summed E-state index contributed by atoms with van der Waals surface area (Å²) in [6.45, 7) is 2.53. The number of nitrogens with one attached hydrogen (secondary N) is 1. The van der Waals surface area contributed by atoms with Crippen molar-refractivity contribution in [2.45, 2.75) is 25.1 Å². The lowest BCUT2D eigenvalue weighted by molar-refractivity contribution is -0.137. The zero-order chi connectivity index (χ0) is 27.6. The number of alkyl halides is 3. The van der Waals surface area contributed by atoms with E-state index in [1.165, 1.54) is 23.5 Å². The Bertz CT molecular complexity index is 1310. The normalized spacial score (nSPS) is 16.7. The third-order valence-electron chi connectivity index (χ3n) is 7.17. The lowest BCUT2D eigenvalue weighted by atomic mass is 10.1. The number of halogens is 3. The second kappa shape index (κ2) is 11.3. The van der Waals surface area contributed by atoms with E-state index in [0.29, 0.717) is 56.2 Å². The van der Waals surface area contributed by atoms with E-state index in [-0.39, 0.29) is 30.9 Å². The summed E-state index contributed by atoms with van der Waals surface area (Å²) >= 11 is 1.37. The van der Waals surface area contributed by atoms with Crippen LogP contribution in [-0.2, 0) is 17.4 Å². The average Bonchev–Trinajstić information content (AvgIpc) is 3.61. The first-order valence-electron chi connectivity index (χ1n) is 12.6. The van der Waals surface area contributed by atoms with Gasteiger partial charge in [0, 0.05) is 67.6 Å². The highest BCUT2D eigenvalue weighted by Crippen LogP contribution is 2.37. The number of carbonyl (C=O) groups excluding carboxylic acids is 2. The van der Waals surface area contributed by atoms with Gasteiger partial charge in [0.1, 0.15) is 5.69 Å². The number of benzene rings is 2. The van der Waals surface area contributed by atoms with Gasteiger partial charge >= 0.3 is 6.18 Å². The van der Waals surface area contributed by atoms with Crippen LogP contribution in [0.1, 0.15) is 28.0 Å². The molecule has 12 heteroatoms. The fourth-order valence-corrected chi connectivity index (χ4v) is 5.61. The van der Waals surface area contributed by atoms with Crippen LogP contribution in [0.2, 0.25) is 0 Å². The SMILES string of the molecule is O=C(C[C@H](CO)N1CCN(C(=O)c2cscn2)CC1)Nc1ccc2c(c1)CCN2c1ccc(C(F)(F)F)cc1. The molecule has 1 atom stereocenters. The van der Waals surface area contributed by atoms with E-state index in [0.717, 1.165) is 23.4 Å². The molecular formula is C27H28F3N5O3S. The number of carbonyl (C=O) groups is 2. The third-order valence-corrected chi connectivity index (χ3v) is 7.75. The summed E-state index contributed by atoms with van der Waals surface area (Å²) in [5.41, 5.74) is 4.57. The number of aliphatic hydroxyl groups is 1. The first kappa shape index (κ1) is 27.1. The number of piperazine rings is 1. The van der Waals surface area contributed by atoms with Crippen molar-refractivity contribution in [3.8, 4) is 0 Å². The minimum absolute atomic E-state index is 0.102. The summed E-state index contributed by atoms with van der Waals surface area (Å²) in [7, 11) is 0. The van der Waals surface area contributed by atoms with Crippen LogP contribution in [0.25, 0.3) is 0 Å². The van der Waals surface area contributed by atoms with Gasteiger partial charge < -0.3 is 20.2 Å². The summed E-state index contributed by atoms with van der Waals surface area (Å²) < 4.78 is 38.7. The van der Waals surface area contributed by atoms with E-state index in [4.69, 9.17) is 0 Å². The molecule has 3 heterocycles. The number of hydrogen-bond donors (Lipinski definition) is 2. The Kier molecular flexibility index (Phi) is 7.87. The number of amides is 2. The van der Waals surface area contributed by atoms with Crippen molar-refractivity contribution in [1.29, 1.82) is 0 Å². The van der Waals surface area contributed by atoms with Gasteiger partial charge in [0.05, 0.1) is 17.7 Å². The molecule has 5 rings (SSSR count). The number of nitrogens with zero attached hydrogens (tertiary/aromatic N) is 4. The Morgan fingerprint density at radius 3 is 2.44 bits per heavy atom. The Morgan fingerprint density at radius 1 is 1.05 bits per heavy atom. The zero-order valence-electron chi connectivity index (χ0n) is 21.0. The molecule has 2 N–H and O–H groups in total. The van der Waals surface area contributed by atoms with Crippen LogP contribution < -0.4 is 10.2 Å². The minimum Gasteiger partial charge on any atom is -0.395 e. The Hall–Kier alpha value is -3.48. The molecule has 0 aliphatic carbocycles. The number of aliphatic hydroxyl groups excluding tert-OH is 1. The molecule has 39 heavy (non-hydrogen) atoms. The number of aromatic nitrogens is 1. The number of thiazole rings is 1. The Balaban J connectivity index is 1.16. The molecule has 2 amide bonds. The van der Waals surface area contributed by atoms with E-state index in [1.54, 1.807) is 21.9 Å². The third kappa shape index (κ3) is 6.07. The van der Waals surface area contributed by atoms with Gasteiger partial charge in [0.2, 0.25) is 5.91 Å². The largest absolute Gasteiger partial charge is 0.416 e. The summed E-state index contributed by atoms with van der Waals surface area (Å²) in [4.78, 5) is 35.1. The molecule has 8 nitrogen and oxygen atoms in total. The molecule has 0 unspecified atom stereocenters. The topological polar surface area (TPSA) is 89.0 Å². The van der Waals surface area contributed by atoms with Gasteiger partial charge in [-0.2, -0.15) is 13.2 Å². The van der Waals surface area contributed by atoms with Gasteiger partial charge in [-0.25, -0.2) is 4.98 Å². The maximum absolute atomic E-state index is 12.9. The van der Waals surface area contributed by atoms with Crippen molar-refractivity contribution in [3.05, 3.63) is 70.2 Å². The highest BCUT2D eigenvalue weighted by Gasteiger charge is 2.31. The smallest absolute Gasteiger partial charge is 0.395 e. The van der Waals surface area contributed by atoms with Crippen LogP contribution >= 0.6 is 11.3 Å². The van der Waals surface area contributed by atoms with E-state index in [1.807, 2.05) is 21.9 Å². The Labute approximate surface area is 227 Å². The maximum Gasteiger partial charge on any atom is 0.416 e. The van der Waals surface area contributed by atoms with Gasteiger partial charge in [-0.1, -0.05) is 0 Å². The molecule has 1 saturated heterocycles. The Morgan fingerprint density at radius 2 is 1.79 bits per heavy atom. The lowest BCUT2D eigenvalue weighted by Gasteiger charge is -2.38. The summed E-state index contributed by atoms with van der Waals surface area (Å²) in [5, 5.41) is 14.6. The minimum atomic E-state index is -4.38. The first-order chi connectivity index (χ1) is 18.7. The molecule has 0 radical (unpaired) electrons. The van der Waals surface area contributed by atoms with Crippen LogP contribution in [0.3, 0.4) is 0 Å². The van der Waals surface area contributed by atoms with E-state index in [2.05, 4.69) is 10.3 Å². The summed E-state index contributed by atoms with van der Waals surface area (Å²) in [5.74, 6) is -0.338. The van der Waals surface area contributed by atoms with E-state index < -0.39 is 11.7 Å². The predicted molar refractivity (Wildman–Crippen MR) is 142 cm³/mol. The van der Waals surface area contributed by atoms with Crippen LogP contribution in [0.5, 0.6) is 0 Å². The molecule has 1 aromatic heterocycles.